The molecule has 144 valence electrons. The van der Waals surface area contributed by atoms with Crippen LogP contribution >= 0.6 is 0 Å². The molecule has 1 aliphatic heterocycles. The maximum Gasteiger partial charge on any atom is 0.270 e. The highest BCUT2D eigenvalue weighted by Gasteiger charge is 2.20. The molecule has 0 spiro atoms. The Labute approximate surface area is 163 Å². The molecule has 2 aromatic carbocycles. The van der Waals surface area contributed by atoms with E-state index in [0.29, 0.717) is 37.3 Å². The van der Waals surface area contributed by atoms with Crippen LogP contribution in [0.15, 0.2) is 54.6 Å². The van der Waals surface area contributed by atoms with Gasteiger partial charge in [0.1, 0.15) is 0 Å². The van der Waals surface area contributed by atoms with Crippen LogP contribution in [0.1, 0.15) is 22.8 Å². The smallest absolute Gasteiger partial charge is 0.270 e. The van der Waals surface area contributed by atoms with Crippen molar-refractivity contribution >= 4 is 29.1 Å². The Kier molecular flexibility index (Phi) is 5.84. The maximum absolute atomic E-state index is 12.4. The van der Waals surface area contributed by atoms with Gasteiger partial charge in [-0.05, 0) is 42.8 Å². The summed E-state index contributed by atoms with van der Waals surface area (Å²) in [6.45, 7) is 4.13. The number of carbonyl (C=O) groups is 2. The molecule has 1 aliphatic rings. The Morgan fingerprint density at radius 1 is 1.04 bits per heavy atom. The summed E-state index contributed by atoms with van der Waals surface area (Å²) in [4.78, 5) is 38.1. The SMILES string of the molecule is CC(=O)c1ccc(N2CCN(C(=O)C=Cc3cccc([N+](=O)[O-])c3)CC2)cc1. The number of benzene rings is 2. The number of anilines is 1. The molecule has 0 saturated carbocycles. The fourth-order valence-electron chi connectivity index (χ4n) is 3.11. The van der Waals surface area contributed by atoms with E-state index < -0.39 is 4.92 Å². The van der Waals surface area contributed by atoms with Crippen molar-refractivity contribution in [2.75, 3.05) is 31.1 Å². The van der Waals surface area contributed by atoms with Crippen LogP contribution in [0.5, 0.6) is 0 Å². The minimum Gasteiger partial charge on any atom is -0.368 e. The molecule has 3 rings (SSSR count). The molecule has 1 heterocycles. The van der Waals surface area contributed by atoms with Gasteiger partial charge in [-0.1, -0.05) is 12.1 Å². The van der Waals surface area contributed by atoms with Crippen LogP contribution in [0.2, 0.25) is 0 Å². The van der Waals surface area contributed by atoms with Crippen molar-refractivity contribution in [2.45, 2.75) is 6.92 Å². The van der Waals surface area contributed by atoms with E-state index in [9.17, 15) is 19.7 Å². The zero-order valence-corrected chi connectivity index (χ0v) is 15.6. The number of non-ortho nitro benzene ring substituents is 1. The van der Waals surface area contributed by atoms with E-state index in [1.165, 1.54) is 18.2 Å². The van der Waals surface area contributed by atoms with Crippen molar-refractivity contribution < 1.29 is 14.5 Å². The molecular formula is C21H21N3O4. The van der Waals surface area contributed by atoms with Gasteiger partial charge in [-0.15, -0.1) is 0 Å². The van der Waals surface area contributed by atoms with E-state index in [2.05, 4.69) is 4.90 Å². The second kappa shape index (κ2) is 8.47. The van der Waals surface area contributed by atoms with Gasteiger partial charge in [0, 0.05) is 55.6 Å². The van der Waals surface area contributed by atoms with Crippen molar-refractivity contribution in [2.24, 2.45) is 0 Å². The second-order valence-corrected chi connectivity index (χ2v) is 6.60. The number of ketones is 1. The number of amides is 1. The molecule has 0 N–H and O–H groups in total. The summed E-state index contributed by atoms with van der Waals surface area (Å²) in [7, 11) is 0. The first kappa shape index (κ1) is 19.3. The summed E-state index contributed by atoms with van der Waals surface area (Å²) >= 11 is 0. The van der Waals surface area contributed by atoms with E-state index in [-0.39, 0.29) is 17.4 Å². The average molecular weight is 379 g/mol. The van der Waals surface area contributed by atoms with Crippen LogP contribution in [0.4, 0.5) is 11.4 Å². The van der Waals surface area contributed by atoms with E-state index in [0.717, 1.165) is 5.69 Å². The quantitative estimate of drug-likeness (QED) is 0.345. The molecule has 2 aromatic rings. The highest BCUT2D eigenvalue weighted by Crippen LogP contribution is 2.18. The molecule has 7 heteroatoms. The van der Waals surface area contributed by atoms with Gasteiger partial charge < -0.3 is 9.80 Å². The number of Topliss-reactive ketones (excluding diaryl/α,β-unsaturated/α-hetero) is 1. The first-order valence-electron chi connectivity index (χ1n) is 9.01. The molecule has 1 amide bonds. The maximum atomic E-state index is 12.4. The first-order valence-corrected chi connectivity index (χ1v) is 9.01. The molecule has 7 nitrogen and oxygen atoms in total. The van der Waals surface area contributed by atoms with Gasteiger partial charge in [-0.3, -0.25) is 19.7 Å². The Morgan fingerprint density at radius 3 is 2.32 bits per heavy atom. The van der Waals surface area contributed by atoms with Gasteiger partial charge in [0.15, 0.2) is 5.78 Å². The van der Waals surface area contributed by atoms with Gasteiger partial charge in [-0.25, -0.2) is 0 Å². The summed E-state index contributed by atoms with van der Waals surface area (Å²) in [5, 5.41) is 10.8. The summed E-state index contributed by atoms with van der Waals surface area (Å²) in [6, 6.07) is 13.7. The Hall–Kier alpha value is -3.48. The number of piperazine rings is 1. The summed E-state index contributed by atoms with van der Waals surface area (Å²) < 4.78 is 0. The normalized spacial score (nSPS) is 14.3. The molecule has 0 aromatic heterocycles. The standard InChI is InChI=1S/C21H21N3O4/c1-16(25)18-6-8-19(9-7-18)22-11-13-23(14-12-22)21(26)10-5-17-3-2-4-20(15-17)24(27)28/h2-10,15H,11-14H2,1H3. The van der Waals surface area contributed by atoms with E-state index in [1.54, 1.807) is 30.0 Å². The predicted octanol–water partition coefficient (Wildman–Crippen LogP) is 3.16. The highest BCUT2D eigenvalue weighted by atomic mass is 16.6. The molecule has 0 bridgehead atoms. The second-order valence-electron chi connectivity index (χ2n) is 6.60. The lowest BCUT2D eigenvalue weighted by atomic mass is 10.1. The monoisotopic (exact) mass is 379 g/mol. The third-order valence-corrected chi connectivity index (χ3v) is 4.73. The lowest BCUT2D eigenvalue weighted by Gasteiger charge is -2.35. The summed E-state index contributed by atoms with van der Waals surface area (Å²) in [5.74, 6) is -0.0735. The number of hydrogen-bond donors (Lipinski definition) is 0. The lowest BCUT2D eigenvalue weighted by Crippen LogP contribution is -2.48. The zero-order chi connectivity index (χ0) is 20.1. The fourth-order valence-corrected chi connectivity index (χ4v) is 3.11. The highest BCUT2D eigenvalue weighted by molar-refractivity contribution is 5.94. The largest absolute Gasteiger partial charge is 0.368 e. The first-order chi connectivity index (χ1) is 13.4. The average Bonchev–Trinajstić information content (AvgIpc) is 2.72. The summed E-state index contributed by atoms with van der Waals surface area (Å²) in [5.41, 5.74) is 2.33. The molecule has 0 unspecified atom stereocenters. The molecule has 1 saturated heterocycles. The van der Waals surface area contributed by atoms with Crippen molar-refractivity contribution in [3.8, 4) is 0 Å². The Morgan fingerprint density at radius 2 is 1.71 bits per heavy atom. The fraction of sp³-hybridized carbons (Fsp3) is 0.238. The van der Waals surface area contributed by atoms with Crippen LogP contribution in [0, 0.1) is 10.1 Å². The number of nitrogens with zero attached hydrogens (tertiary/aromatic N) is 3. The molecule has 0 atom stereocenters. The lowest BCUT2D eigenvalue weighted by molar-refractivity contribution is -0.384. The Balaban J connectivity index is 1.57. The predicted molar refractivity (Wildman–Crippen MR) is 107 cm³/mol. The van der Waals surface area contributed by atoms with Gasteiger partial charge in [0.25, 0.3) is 5.69 Å². The van der Waals surface area contributed by atoms with Crippen LogP contribution in [-0.4, -0.2) is 47.7 Å². The van der Waals surface area contributed by atoms with E-state index in [1.807, 2.05) is 24.3 Å². The van der Waals surface area contributed by atoms with E-state index >= 15 is 0 Å². The topological polar surface area (TPSA) is 83.8 Å². The van der Waals surface area contributed by atoms with Crippen molar-refractivity contribution in [1.29, 1.82) is 0 Å². The number of nitro groups is 1. The van der Waals surface area contributed by atoms with Gasteiger partial charge >= 0.3 is 0 Å². The van der Waals surface area contributed by atoms with Crippen molar-refractivity contribution in [1.82, 2.24) is 4.90 Å². The van der Waals surface area contributed by atoms with Crippen LogP contribution in [-0.2, 0) is 4.79 Å². The number of nitro benzene ring substituents is 1. The van der Waals surface area contributed by atoms with Crippen LogP contribution in [0.25, 0.3) is 6.08 Å². The number of rotatable bonds is 5. The van der Waals surface area contributed by atoms with Crippen LogP contribution < -0.4 is 4.90 Å². The van der Waals surface area contributed by atoms with Crippen molar-refractivity contribution in [3.63, 3.8) is 0 Å². The Bertz CT molecular complexity index is 914. The van der Waals surface area contributed by atoms with Gasteiger partial charge in [-0.2, -0.15) is 0 Å². The number of hydrogen-bond acceptors (Lipinski definition) is 5. The molecule has 1 fully saturated rings. The third-order valence-electron chi connectivity index (χ3n) is 4.73. The summed E-state index contributed by atoms with van der Waals surface area (Å²) in [6.07, 6.45) is 3.05. The zero-order valence-electron chi connectivity index (χ0n) is 15.6. The number of carbonyl (C=O) groups excluding carboxylic acids is 2. The minimum absolute atomic E-state index is 0.000921. The van der Waals surface area contributed by atoms with Crippen LogP contribution in [0.3, 0.4) is 0 Å². The molecular weight excluding hydrogens is 358 g/mol. The van der Waals surface area contributed by atoms with Gasteiger partial charge in [0.2, 0.25) is 5.91 Å². The third kappa shape index (κ3) is 4.62. The molecule has 28 heavy (non-hydrogen) atoms. The molecule has 0 radical (unpaired) electrons. The van der Waals surface area contributed by atoms with E-state index in [4.69, 9.17) is 0 Å². The molecule has 0 aliphatic carbocycles. The minimum atomic E-state index is -0.457. The van der Waals surface area contributed by atoms with Crippen molar-refractivity contribution in [3.05, 3.63) is 75.8 Å². The van der Waals surface area contributed by atoms with Gasteiger partial charge in [0.05, 0.1) is 4.92 Å².